The molecule has 0 radical (unpaired) electrons. The number of benzene rings is 1. The second kappa shape index (κ2) is 5.57. The quantitative estimate of drug-likeness (QED) is 0.868. The first-order valence-electron chi connectivity index (χ1n) is 5.38. The molecule has 0 aliphatic heterocycles. The van der Waals surface area contributed by atoms with Gasteiger partial charge in [0, 0.05) is 20.1 Å². The molecule has 0 unspecified atom stereocenters. The van der Waals surface area contributed by atoms with Gasteiger partial charge in [-0.05, 0) is 24.1 Å². The second-order valence-electron chi connectivity index (χ2n) is 3.80. The third-order valence-corrected chi connectivity index (χ3v) is 4.33. The zero-order valence-electron chi connectivity index (χ0n) is 9.98. The Hall–Kier alpha value is -0.980. The van der Waals surface area contributed by atoms with Crippen molar-refractivity contribution in [1.82, 2.24) is 4.31 Å². The van der Waals surface area contributed by atoms with E-state index < -0.39 is 15.8 Å². The molecule has 6 heteroatoms. The molecule has 0 saturated carbocycles. The molecule has 0 spiro atoms. The lowest BCUT2D eigenvalue weighted by atomic mass is 10.2. The number of halogens is 1. The summed E-state index contributed by atoms with van der Waals surface area (Å²) in [4.78, 5) is -0.309. The van der Waals surface area contributed by atoms with E-state index in [-0.39, 0.29) is 11.4 Å². The zero-order valence-corrected chi connectivity index (χ0v) is 10.8. The molecule has 1 aromatic carbocycles. The molecule has 0 fully saturated rings. The SMILES string of the molecule is CCCN(C)S(=O)(=O)c1cc(CN)ccc1F. The van der Waals surface area contributed by atoms with E-state index in [4.69, 9.17) is 5.73 Å². The van der Waals surface area contributed by atoms with Crippen LogP contribution in [0.15, 0.2) is 23.1 Å². The molecular weight excluding hydrogens is 243 g/mol. The minimum absolute atomic E-state index is 0.181. The van der Waals surface area contributed by atoms with Crippen LogP contribution in [0.5, 0.6) is 0 Å². The summed E-state index contributed by atoms with van der Waals surface area (Å²) in [7, 11) is -2.32. The summed E-state index contributed by atoms with van der Waals surface area (Å²) >= 11 is 0. The molecule has 0 aliphatic rings. The number of nitrogens with two attached hydrogens (primary N) is 1. The van der Waals surface area contributed by atoms with Gasteiger partial charge in [0.05, 0.1) is 0 Å². The van der Waals surface area contributed by atoms with Gasteiger partial charge >= 0.3 is 0 Å². The van der Waals surface area contributed by atoms with Crippen molar-refractivity contribution < 1.29 is 12.8 Å². The lowest BCUT2D eigenvalue weighted by Gasteiger charge is -2.17. The van der Waals surface area contributed by atoms with Crippen molar-refractivity contribution in [3.8, 4) is 0 Å². The summed E-state index contributed by atoms with van der Waals surface area (Å²) in [6.07, 6.45) is 0.675. The summed E-state index contributed by atoms with van der Waals surface area (Å²) in [5.41, 5.74) is 6.01. The Morgan fingerprint density at radius 1 is 1.41 bits per heavy atom. The van der Waals surface area contributed by atoms with Gasteiger partial charge in [-0.15, -0.1) is 0 Å². The maximum Gasteiger partial charge on any atom is 0.245 e. The Bertz CT molecular complexity index is 488. The van der Waals surface area contributed by atoms with Gasteiger partial charge in [0.25, 0.3) is 0 Å². The van der Waals surface area contributed by atoms with Crippen LogP contribution >= 0.6 is 0 Å². The molecule has 0 heterocycles. The molecule has 0 saturated heterocycles. The number of sulfonamides is 1. The van der Waals surface area contributed by atoms with Gasteiger partial charge in [0.2, 0.25) is 10.0 Å². The van der Waals surface area contributed by atoms with Gasteiger partial charge < -0.3 is 5.73 Å². The van der Waals surface area contributed by atoms with Crippen LogP contribution in [0.2, 0.25) is 0 Å². The summed E-state index contributed by atoms with van der Waals surface area (Å²) in [5, 5.41) is 0. The molecule has 1 rings (SSSR count). The summed E-state index contributed by atoms with van der Waals surface area (Å²) in [6, 6.07) is 3.90. The van der Waals surface area contributed by atoms with Crippen molar-refractivity contribution in [1.29, 1.82) is 0 Å². The van der Waals surface area contributed by atoms with Crippen LogP contribution in [0.3, 0.4) is 0 Å². The van der Waals surface area contributed by atoms with Crippen LogP contribution in [0.1, 0.15) is 18.9 Å². The lowest BCUT2D eigenvalue weighted by molar-refractivity contribution is 0.461. The highest BCUT2D eigenvalue weighted by Crippen LogP contribution is 2.19. The largest absolute Gasteiger partial charge is 0.326 e. The van der Waals surface area contributed by atoms with Crippen molar-refractivity contribution in [2.45, 2.75) is 24.8 Å². The third-order valence-electron chi connectivity index (χ3n) is 2.46. The highest BCUT2D eigenvalue weighted by Gasteiger charge is 2.23. The van der Waals surface area contributed by atoms with Crippen LogP contribution in [0.25, 0.3) is 0 Å². The molecule has 0 aromatic heterocycles. The topological polar surface area (TPSA) is 63.4 Å². The molecule has 0 aliphatic carbocycles. The normalized spacial score (nSPS) is 12.1. The predicted octanol–water partition coefficient (Wildman–Crippen LogP) is 1.31. The monoisotopic (exact) mass is 260 g/mol. The highest BCUT2D eigenvalue weighted by molar-refractivity contribution is 7.89. The summed E-state index contributed by atoms with van der Waals surface area (Å²) in [6.45, 7) is 2.40. The Kier molecular flexibility index (Phi) is 4.62. The molecule has 2 N–H and O–H groups in total. The maximum absolute atomic E-state index is 13.6. The number of hydrogen-bond donors (Lipinski definition) is 1. The van der Waals surface area contributed by atoms with Crippen molar-refractivity contribution in [3.63, 3.8) is 0 Å². The Morgan fingerprint density at radius 2 is 2.06 bits per heavy atom. The van der Waals surface area contributed by atoms with Gasteiger partial charge in [-0.25, -0.2) is 17.1 Å². The van der Waals surface area contributed by atoms with Gasteiger partial charge in [0.15, 0.2) is 0 Å². The standard InChI is InChI=1S/C11H17FN2O2S/c1-3-6-14(2)17(15,16)11-7-9(8-13)4-5-10(11)12/h4-5,7H,3,6,8,13H2,1-2H3. The highest BCUT2D eigenvalue weighted by atomic mass is 32.2. The van der Waals surface area contributed by atoms with Crippen molar-refractivity contribution in [3.05, 3.63) is 29.6 Å². The Balaban J connectivity index is 3.22. The lowest BCUT2D eigenvalue weighted by Crippen LogP contribution is -2.28. The molecule has 0 amide bonds. The van der Waals surface area contributed by atoms with Crippen molar-refractivity contribution in [2.75, 3.05) is 13.6 Å². The van der Waals surface area contributed by atoms with Crippen LogP contribution in [-0.2, 0) is 16.6 Å². The Labute approximate surface area is 101 Å². The fraction of sp³-hybridized carbons (Fsp3) is 0.455. The summed E-state index contributed by atoms with van der Waals surface area (Å²) < 4.78 is 38.8. The first-order chi connectivity index (χ1) is 7.93. The molecular formula is C11H17FN2O2S. The fourth-order valence-electron chi connectivity index (χ4n) is 1.48. The molecule has 17 heavy (non-hydrogen) atoms. The second-order valence-corrected chi connectivity index (χ2v) is 5.81. The first kappa shape index (κ1) is 14.1. The van der Waals surface area contributed by atoms with Crippen LogP contribution in [0.4, 0.5) is 4.39 Å². The molecule has 0 bridgehead atoms. The summed E-state index contributed by atoms with van der Waals surface area (Å²) in [5.74, 6) is -0.745. The minimum Gasteiger partial charge on any atom is -0.326 e. The van der Waals surface area contributed by atoms with E-state index in [2.05, 4.69) is 0 Å². The van der Waals surface area contributed by atoms with Crippen LogP contribution in [-0.4, -0.2) is 26.3 Å². The first-order valence-corrected chi connectivity index (χ1v) is 6.82. The average molecular weight is 260 g/mol. The van der Waals surface area contributed by atoms with Gasteiger partial charge in [-0.3, -0.25) is 0 Å². The molecule has 0 atom stereocenters. The predicted molar refractivity (Wildman–Crippen MR) is 64.4 cm³/mol. The fourth-order valence-corrected chi connectivity index (χ4v) is 2.85. The smallest absolute Gasteiger partial charge is 0.245 e. The van der Waals surface area contributed by atoms with Gasteiger partial charge in [0.1, 0.15) is 10.7 Å². The molecule has 96 valence electrons. The van der Waals surface area contributed by atoms with E-state index in [1.807, 2.05) is 6.92 Å². The van der Waals surface area contributed by atoms with Crippen molar-refractivity contribution in [2.24, 2.45) is 5.73 Å². The van der Waals surface area contributed by atoms with Crippen molar-refractivity contribution >= 4 is 10.0 Å². The van der Waals surface area contributed by atoms with E-state index in [1.165, 1.54) is 19.2 Å². The molecule has 1 aromatic rings. The average Bonchev–Trinajstić information content (AvgIpc) is 2.29. The third kappa shape index (κ3) is 3.02. The van der Waals surface area contributed by atoms with E-state index in [9.17, 15) is 12.8 Å². The van der Waals surface area contributed by atoms with Gasteiger partial charge in [-0.2, -0.15) is 0 Å². The van der Waals surface area contributed by atoms with Gasteiger partial charge in [-0.1, -0.05) is 13.0 Å². The maximum atomic E-state index is 13.6. The van der Waals surface area contributed by atoms with Crippen LogP contribution < -0.4 is 5.73 Å². The van der Waals surface area contributed by atoms with Crippen LogP contribution in [0, 0.1) is 5.82 Å². The number of rotatable bonds is 5. The van der Waals surface area contributed by atoms with E-state index in [0.29, 0.717) is 18.5 Å². The Morgan fingerprint density at radius 3 is 2.59 bits per heavy atom. The zero-order chi connectivity index (χ0) is 13.1. The number of nitrogens with zero attached hydrogens (tertiary/aromatic N) is 1. The minimum atomic E-state index is -3.76. The number of hydrogen-bond acceptors (Lipinski definition) is 3. The van der Waals surface area contributed by atoms with E-state index >= 15 is 0 Å². The molecule has 4 nitrogen and oxygen atoms in total. The van der Waals surface area contributed by atoms with E-state index in [0.717, 1.165) is 10.4 Å². The van der Waals surface area contributed by atoms with E-state index in [1.54, 1.807) is 0 Å².